The van der Waals surface area contributed by atoms with Gasteiger partial charge in [0, 0.05) is 5.02 Å². The number of benzene rings is 1. The number of aromatic hydroxyl groups is 1. The third-order valence-electron chi connectivity index (χ3n) is 2.33. The number of hydrogen-bond acceptors (Lipinski definition) is 1. The molecule has 0 spiro atoms. The van der Waals surface area contributed by atoms with Crippen LogP contribution in [0.2, 0.25) is 5.02 Å². The van der Waals surface area contributed by atoms with E-state index in [1.807, 2.05) is 0 Å². The molecule has 14 heavy (non-hydrogen) atoms. The molecule has 2 heteroatoms. The molecule has 0 aliphatic rings. The van der Waals surface area contributed by atoms with Crippen molar-refractivity contribution in [3.8, 4) is 5.75 Å². The van der Waals surface area contributed by atoms with E-state index in [9.17, 15) is 5.11 Å². The predicted octanol–water partition coefficient (Wildman–Crippen LogP) is 4.17. The first-order valence-electron chi connectivity index (χ1n) is 5.21. The highest BCUT2D eigenvalue weighted by atomic mass is 35.5. The van der Waals surface area contributed by atoms with Crippen LogP contribution in [0.5, 0.6) is 5.75 Å². The number of phenols is 1. The maximum absolute atomic E-state index is 9.28. The summed E-state index contributed by atoms with van der Waals surface area (Å²) in [5.74, 6) is 0.305. The van der Waals surface area contributed by atoms with Gasteiger partial charge in [-0.25, -0.2) is 0 Å². The van der Waals surface area contributed by atoms with E-state index in [-0.39, 0.29) is 0 Å². The summed E-state index contributed by atoms with van der Waals surface area (Å²) in [4.78, 5) is 0. The van der Waals surface area contributed by atoms with Crippen molar-refractivity contribution in [2.24, 2.45) is 0 Å². The van der Waals surface area contributed by atoms with E-state index < -0.39 is 0 Å². The Kier molecular flexibility index (Phi) is 4.81. The standard InChI is InChI=1S/C12H17ClO/c1-2-3-4-5-6-10-9-11(14)7-8-12(10)13/h7-9,14H,2-6H2,1H3. The second-order valence-corrected chi connectivity index (χ2v) is 3.99. The normalized spacial score (nSPS) is 10.4. The van der Waals surface area contributed by atoms with Crippen LogP contribution in [0.4, 0.5) is 0 Å². The molecule has 0 aromatic heterocycles. The first-order valence-corrected chi connectivity index (χ1v) is 5.59. The van der Waals surface area contributed by atoms with Gasteiger partial charge in [0.05, 0.1) is 0 Å². The van der Waals surface area contributed by atoms with Crippen LogP contribution >= 0.6 is 11.6 Å². The number of hydrogen-bond donors (Lipinski definition) is 1. The van der Waals surface area contributed by atoms with Gasteiger partial charge >= 0.3 is 0 Å². The van der Waals surface area contributed by atoms with E-state index in [1.165, 1.54) is 19.3 Å². The van der Waals surface area contributed by atoms with Gasteiger partial charge in [0.25, 0.3) is 0 Å². The summed E-state index contributed by atoms with van der Waals surface area (Å²) in [6, 6.07) is 5.14. The molecule has 0 aliphatic heterocycles. The van der Waals surface area contributed by atoms with E-state index in [0.717, 1.165) is 23.4 Å². The topological polar surface area (TPSA) is 20.2 Å². The van der Waals surface area contributed by atoms with Crippen LogP contribution < -0.4 is 0 Å². The van der Waals surface area contributed by atoms with Gasteiger partial charge < -0.3 is 5.11 Å². The van der Waals surface area contributed by atoms with Crippen molar-refractivity contribution in [1.29, 1.82) is 0 Å². The highest BCUT2D eigenvalue weighted by Gasteiger charge is 2.01. The van der Waals surface area contributed by atoms with E-state index in [1.54, 1.807) is 18.2 Å². The van der Waals surface area contributed by atoms with Gasteiger partial charge in [0.1, 0.15) is 5.75 Å². The van der Waals surface area contributed by atoms with Gasteiger partial charge in [-0.05, 0) is 36.6 Å². The van der Waals surface area contributed by atoms with E-state index >= 15 is 0 Å². The van der Waals surface area contributed by atoms with Gasteiger partial charge in [0.2, 0.25) is 0 Å². The Morgan fingerprint density at radius 2 is 2.00 bits per heavy atom. The van der Waals surface area contributed by atoms with Crippen molar-refractivity contribution in [1.82, 2.24) is 0 Å². The highest BCUT2D eigenvalue weighted by Crippen LogP contribution is 2.22. The summed E-state index contributed by atoms with van der Waals surface area (Å²) >= 11 is 6.00. The van der Waals surface area contributed by atoms with E-state index in [0.29, 0.717) is 5.75 Å². The van der Waals surface area contributed by atoms with Crippen LogP contribution in [0, 0.1) is 0 Å². The number of halogens is 1. The molecule has 1 N–H and O–H groups in total. The summed E-state index contributed by atoms with van der Waals surface area (Å²) in [7, 11) is 0. The molecule has 1 nitrogen and oxygen atoms in total. The van der Waals surface area contributed by atoms with Crippen LogP contribution in [-0.4, -0.2) is 5.11 Å². The van der Waals surface area contributed by atoms with Gasteiger partial charge in [-0.2, -0.15) is 0 Å². The molecule has 1 rings (SSSR count). The zero-order chi connectivity index (χ0) is 10.4. The SMILES string of the molecule is CCCCCCc1cc(O)ccc1Cl. The number of unbranched alkanes of at least 4 members (excludes halogenated alkanes) is 3. The minimum atomic E-state index is 0.305. The second kappa shape index (κ2) is 5.92. The number of phenolic OH excluding ortho intramolecular Hbond substituents is 1. The Balaban J connectivity index is 2.45. The molecule has 0 saturated carbocycles. The predicted molar refractivity (Wildman–Crippen MR) is 61.0 cm³/mol. The molecule has 0 aliphatic carbocycles. The third-order valence-corrected chi connectivity index (χ3v) is 2.70. The lowest BCUT2D eigenvalue weighted by molar-refractivity contribution is 0.474. The molecule has 1 aromatic rings. The third kappa shape index (κ3) is 3.59. The lowest BCUT2D eigenvalue weighted by Crippen LogP contribution is -1.87. The fourth-order valence-electron chi connectivity index (χ4n) is 1.49. The molecular formula is C12H17ClO. The van der Waals surface area contributed by atoms with E-state index in [4.69, 9.17) is 11.6 Å². The first kappa shape index (κ1) is 11.4. The lowest BCUT2D eigenvalue weighted by Gasteiger charge is -2.04. The van der Waals surface area contributed by atoms with Crippen LogP contribution in [0.25, 0.3) is 0 Å². The first-order chi connectivity index (χ1) is 6.74. The monoisotopic (exact) mass is 212 g/mol. The maximum Gasteiger partial charge on any atom is 0.115 e. The van der Waals surface area contributed by atoms with Crippen molar-refractivity contribution in [2.75, 3.05) is 0 Å². The van der Waals surface area contributed by atoms with Gasteiger partial charge in [-0.1, -0.05) is 37.8 Å². The molecule has 1 aromatic carbocycles. The van der Waals surface area contributed by atoms with Gasteiger partial charge in [0.15, 0.2) is 0 Å². The van der Waals surface area contributed by atoms with Crippen molar-refractivity contribution < 1.29 is 5.11 Å². The summed E-state index contributed by atoms with van der Waals surface area (Å²) in [6.07, 6.45) is 5.87. The van der Waals surface area contributed by atoms with Crippen molar-refractivity contribution in [3.05, 3.63) is 28.8 Å². The van der Waals surface area contributed by atoms with Gasteiger partial charge in [-0.3, -0.25) is 0 Å². The number of aryl methyl sites for hydroxylation is 1. The van der Waals surface area contributed by atoms with Crippen LogP contribution in [0.1, 0.15) is 38.2 Å². The molecule has 0 radical (unpaired) electrons. The largest absolute Gasteiger partial charge is 0.508 e. The van der Waals surface area contributed by atoms with Crippen LogP contribution in [0.15, 0.2) is 18.2 Å². The molecule has 0 unspecified atom stereocenters. The molecular weight excluding hydrogens is 196 g/mol. The Hall–Kier alpha value is -0.690. The zero-order valence-corrected chi connectivity index (χ0v) is 9.35. The molecule has 0 saturated heterocycles. The van der Waals surface area contributed by atoms with Crippen LogP contribution in [0.3, 0.4) is 0 Å². The quantitative estimate of drug-likeness (QED) is 0.727. The fourth-order valence-corrected chi connectivity index (χ4v) is 1.71. The van der Waals surface area contributed by atoms with Crippen molar-refractivity contribution >= 4 is 11.6 Å². The van der Waals surface area contributed by atoms with Crippen molar-refractivity contribution in [2.45, 2.75) is 39.0 Å². The Morgan fingerprint density at radius 1 is 1.21 bits per heavy atom. The number of rotatable bonds is 5. The molecule has 78 valence electrons. The summed E-state index contributed by atoms with van der Waals surface area (Å²) in [5, 5.41) is 10.0. The fraction of sp³-hybridized carbons (Fsp3) is 0.500. The van der Waals surface area contributed by atoms with Crippen LogP contribution in [-0.2, 0) is 6.42 Å². The van der Waals surface area contributed by atoms with E-state index in [2.05, 4.69) is 6.92 Å². The Labute approximate surface area is 90.7 Å². The average Bonchev–Trinajstić information content (AvgIpc) is 2.18. The van der Waals surface area contributed by atoms with Gasteiger partial charge in [-0.15, -0.1) is 0 Å². The minimum absolute atomic E-state index is 0.305. The molecule has 0 atom stereocenters. The summed E-state index contributed by atoms with van der Waals surface area (Å²) in [5.41, 5.74) is 1.06. The molecule has 0 bridgehead atoms. The molecule has 0 fully saturated rings. The lowest BCUT2D eigenvalue weighted by atomic mass is 10.1. The summed E-state index contributed by atoms with van der Waals surface area (Å²) < 4.78 is 0. The molecule has 0 amide bonds. The smallest absolute Gasteiger partial charge is 0.115 e. The van der Waals surface area contributed by atoms with Crippen molar-refractivity contribution in [3.63, 3.8) is 0 Å². The Bertz CT molecular complexity index is 284. The second-order valence-electron chi connectivity index (χ2n) is 3.59. The minimum Gasteiger partial charge on any atom is -0.508 e. The highest BCUT2D eigenvalue weighted by molar-refractivity contribution is 6.31. The molecule has 0 heterocycles. The Morgan fingerprint density at radius 3 is 2.71 bits per heavy atom. The maximum atomic E-state index is 9.28. The average molecular weight is 213 g/mol. The summed E-state index contributed by atoms with van der Waals surface area (Å²) in [6.45, 7) is 2.20. The zero-order valence-electron chi connectivity index (χ0n) is 8.59.